The van der Waals surface area contributed by atoms with Gasteiger partial charge in [0.2, 0.25) is 5.58 Å². The van der Waals surface area contributed by atoms with Crippen molar-refractivity contribution in [2.45, 2.75) is 20.3 Å². The maximum Gasteiger partial charge on any atom is 0.322 e. The van der Waals surface area contributed by atoms with Gasteiger partial charge in [-0.3, -0.25) is 25.0 Å². The Bertz CT molecular complexity index is 874. The van der Waals surface area contributed by atoms with Crippen molar-refractivity contribution in [3.8, 4) is 0 Å². The number of rotatable bonds is 3. The summed E-state index contributed by atoms with van der Waals surface area (Å²) in [4.78, 5) is 32.3. The molecule has 10 heteroatoms. The first-order chi connectivity index (χ1) is 10.2. The second-order valence-corrected chi connectivity index (χ2v) is 4.48. The van der Waals surface area contributed by atoms with Crippen LogP contribution in [0.3, 0.4) is 0 Å². The molecule has 8 nitrogen and oxygen atoms in total. The molecule has 0 bridgehead atoms. The van der Waals surface area contributed by atoms with E-state index in [2.05, 4.69) is 0 Å². The highest BCUT2D eigenvalue weighted by molar-refractivity contribution is 5.93. The summed E-state index contributed by atoms with van der Waals surface area (Å²) in [5, 5.41) is 21.8. The van der Waals surface area contributed by atoms with E-state index in [0.717, 1.165) is 6.92 Å². The molecule has 0 radical (unpaired) electrons. The number of nitro groups is 2. The zero-order valence-corrected chi connectivity index (χ0v) is 11.3. The molecule has 2 rings (SSSR count). The van der Waals surface area contributed by atoms with Crippen molar-refractivity contribution in [2.75, 3.05) is 0 Å². The summed E-state index contributed by atoms with van der Waals surface area (Å²) < 4.78 is 30.2. The van der Waals surface area contributed by atoms with Gasteiger partial charge in [0.05, 0.1) is 15.2 Å². The molecular formula is C12H8F2N2O6. The molecule has 0 saturated carbocycles. The first-order valence-corrected chi connectivity index (χ1v) is 5.84. The molecule has 0 N–H and O–H groups in total. The lowest BCUT2D eigenvalue weighted by Crippen LogP contribution is -2.09. The predicted molar refractivity (Wildman–Crippen MR) is 70.2 cm³/mol. The summed E-state index contributed by atoms with van der Waals surface area (Å²) in [5.41, 5.74) is -3.70. The number of halogens is 2. The summed E-state index contributed by atoms with van der Waals surface area (Å²) in [7, 11) is 0. The van der Waals surface area contributed by atoms with Crippen LogP contribution in [0.5, 0.6) is 0 Å². The lowest BCUT2D eigenvalue weighted by Gasteiger charge is -2.08. The van der Waals surface area contributed by atoms with Crippen LogP contribution < -0.4 is 5.43 Å². The van der Waals surface area contributed by atoms with Crippen LogP contribution in [0.4, 0.5) is 20.2 Å². The third-order valence-electron chi connectivity index (χ3n) is 3.20. The standard InChI is InChI=1S/C12H8F2N2O6/c1-4-8-6(17)3-7(12(13)14)22-11(8)10(16(20)21)5(2)9(4)15(18)19/h3,12H,1-2H3. The summed E-state index contributed by atoms with van der Waals surface area (Å²) in [5.74, 6) is -1.03. The number of hydrogen-bond acceptors (Lipinski definition) is 6. The number of aryl methyl sites for hydroxylation is 1. The van der Waals surface area contributed by atoms with Gasteiger partial charge in [-0.25, -0.2) is 8.78 Å². The first-order valence-electron chi connectivity index (χ1n) is 5.84. The number of benzene rings is 1. The van der Waals surface area contributed by atoms with Gasteiger partial charge < -0.3 is 4.42 Å². The highest BCUT2D eigenvalue weighted by Gasteiger charge is 2.32. The molecular weight excluding hydrogens is 306 g/mol. The van der Waals surface area contributed by atoms with Crippen LogP contribution >= 0.6 is 0 Å². The van der Waals surface area contributed by atoms with Crippen molar-refractivity contribution in [3.05, 3.63) is 53.4 Å². The zero-order chi connectivity index (χ0) is 16.8. The van der Waals surface area contributed by atoms with Crippen molar-refractivity contribution in [1.29, 1.82) is 0 Å². The minimum Gasteiger partial charge on any atom is -0.447 e. The molecule has 0 aliphatic rings. The average Bonchev–Trinajstić information content (AvgIpc) is 2.36. The van der Waals surface area contributed by atoms with Crippen LogP contribution in [-0.4, -0.2) is 9.85 Å². The van der Waals surface area contributed by atoms with Gasteiger partial charge in [0.15, 0.2) is 11.2 Å². The molecule has 1 aromatic carbocycles. The maximum atomic E-state index is 12.7. The van der Waals surface area contributed by atoms with Crippen molar-refractivity contribution in [1.82, 2.24) is 0 Å². The Kier molecular flexibility index (Phi) is 3.61. The molecule has 0 atom stereocenters. The molecule has 0 fully saturated rings. The van der Waals surface area contributed by atoms with E-state index in [0.29, 0.717) is 6.07 Å². The number of hydrogen-bond donors (Lipinski definition) is 0. The highest BCUT2D eigenvalue weighted by Crippen LogP contribution is 2.39. The van der Waals surface area contributed by atoms with Gasteiger partial charge in [-0.1, -0.05) is 0 Å². The molecule has 2 aromatic rings. The molecule has 0 unspecified atom stereocenters. The van der Waals surface area contributed by atoms with E-state index in [1.807, 2.05) is 0 Å². The number of fused-ring (bicyclic) bond motifs is 1. The van der Waals surface area contributed by atoms with E-state index in [1.54, 1.807) is 0 Å². The molecule has 1 aromatic heterocycles. The topological polar surface area (TPSA) is 116 Å². The van der Waals surface area contributed by atoms with Crippen molar-refractivity contribution < 1.29 is 23.0 Å². The molecule has 0 saturated heterocycles. The van der Waals surface area contributed by atoms with Gasteiger partial charge in [-0.05, 0) is 13.8 Å². The number of nitro benzene ring substituents is 2. The van der Waals surface area contributed by atoms with Crippen LogP contribution in [0.15, 0.2) is 15.3 Å². The van der Waals surface area contributed by atoms with E-state index in [9.17, 15) is 33.8 Å². The fourth-order valence-corrected chi connectivity index (χ4v) is 2.32. The van der Waals surface area contributed by atoms with E-state index in [4.69, 9.17) is 4.42 Å². The molecule has 0 aliphatic heterocycles. The van der Waals surface area contributed by atoms with Crippen molar-refractivity contribution in [3.63, 3.8) is 0 Å². The van der Waals surface area contributed by atoms with Crippen LogP contribution in [0.2, 0.25) is 0 Å². The molecule has 0 amide bonds. The predicted octanol–water partition coefficient (Wildman–Crippen LogP) is 3.16. The molecule has 0 spiro atoms. The Hall–Kier alpha value is -2.91. The summed E-state index contributed by atoms with van der Waals surface area (Å²) in [6, 6.07) is 0.475. The fourth-order valence-electron chi connectivity index (χ4n) is 2.32. The minimum absolute atomic E-state index is 0.169. The smallest absolute Gasteiger partial charge is 0.322 e. The monoisotopic (exact) mass is 314 g/mol. The molecule has 0 aliphatic carbocycles. The third kappa shape index (κ3) is 2.18. The van der Waals surface area contributed by atoms with E-state index in [1.165, 1.54) is 6.92 Å². The Labute approximate surface area is 120 Å². The van der Waals surface area contributed by atoms with Crippen molar-refractivity contribution >= 4 is 22.3 Å². The second kappa shape index (κ2) is 5.13. The van der Waals surface area contributed by atoms with E-state index in [-0.39, 0.29) is 11.1 Å². The van der Waals surface area contributed by atoms with Gasteiger partial charge in [-0.15, -0.1) is 0 Å². The molecule has 1 heterocycles. The first kappa shape index (κ1) is 15.5. The Morgan fingerprint density at radius 1 is 1.09 bits per heavy atom. The fraction of sp³-hybridized carbons (Fsp3) is 0.250. The van der Waals surface area contributed by atoms with E-state index < -0.39 is 49.8 Å². The molecule has 22 heavy (non-hydrogen) atoms. The largest absolute Gasteiger partial charge is 0.447 e. The van der Waals surface area contributed by atoms with Gasteiger partial charge in [0, 0.05) is 11.6 Å². The van der Waals surface area contributed by atoms with Gasteiger partial charge in [-0.2, -0.15) is 0 Å². The number of nitrogens with zero attached hydrogens (tertiary/aromatic N) is 2. The van der Waals surface area contributed by atoms with Gasteiger partial charge in [0.25, 0.3) is 12.1 Å². The van der Waals surface area contributed by atoms with Crippen LogP contribution in [0.25, 0.3) is 11.0 Å². The lowest BCUT2D eigenvalue weighted by molar-refractivity contribution is -0.394. The zero-order valence-electron chi connectivity index (χ0n) is 11.3. The molecule has 116 valence electrons. The average molecular weight is 314 g/mol. The third-order valence-corrected chi connectivity index (χ3v) is 3.20. The van der Waals surface area contributed by atoms with Crippen LogP contribution in [0, 0.1) is 34.1 Å². The Balaban J connectivity index is 3.15. The van der Waals surface area contributed by atoms with E-state index >= 15 is 0 Å². The number of alkyl halides is 2. The summed E-state index contributed by atoms with van der Waals surface area (Å²) in [6.07, 6.45) is -3.15. The highest BCUT2D eigenvalue weighted by atomic mass is 19.3. The quantitative estimate of drug-likeness (QED) is 0.634. The normalized spacial score (nSPS) is 11.1. The summed E-state index contributed by atoms with van der Waals surface area (Å²) in [6.45, 7) is 2.30. The van der Waals surface area contributed by atoms with Gasteiger partial charge >= 0.3 is 5.69 Å². The Morgan fingerprint density at radius 2 is 1.64 bits per heavy atom. The summed E-state index contributed by atoms with van der Waals surface area (Å²) >= 11 is 0. The lowest BCUT2D eigenvalue weighted by atomic mass is 10.0. The Morgan fingerprint density at radius 3 is 2.09 bits per heavy atom. The minimum atomic E-state index is -3.15. The van der Waals surface area contributed by atoms with Crippen molar-refractivity contribution in [2.24, 2.45) is 0 Å². The second-order valence-electron chi connectivity index (χ2n) is 4.48. The maximum absolute atomic E-state index is 12.7. The SMILES string of the molecule is Cc1c([N+](=O)[O-])c(C)c2c(=O)cc(C(F)F)oc2c1[N+](=O)[O-]. The van der Waals surface area contributed by atoms with Crippen LogP contribution in [0.1, 0.15) is 23.3 Å². The van der Waals surface area contributed by atoms with Crippen LogP contribution in [-0.2, 0) is 0 Å². The van der Waals surface area contributed by atoms with Gasteiger partial charge in [0.1, 0.15) is 5.56 Å².